The van der Waals surface area contributed by atoms with Crippen LogP contribution in [-0.2, 0) is 11.3 Å². The molecule has 0 aliphatic heterocycles. The lowest BCUT2D eigenvalue weighted by atomic mass is 10.2. The van der Waals surface area contributed by atoms with E-state index in [9.17, 15) is 0 Å². The first kappa shape index (κ1) is 14.2. The second kappa shape index (κ2) is 7.43. The monoisotopic (exact) mass is 305 g/mol. The Balaban J connectivity index is 2.55. The van der Waals surface area contributed by atoms with Crippen LogP contribution in [0.15, 0.2) is 15.9 Å². The van der Waals surface area contributed by atoms with Crippen LogP contribution in [0.5, 0.6) is 0 Å². The predicted molar refractivity (Wildman–Crippen MR) is 74.1 cm³/mol. The Morgan fingerprint density at radius 1 is 1.56 bits per heavy atom. The first-order chi connectivity index (χ1) is 7.67. The van der Waals surface area contributed by atoms with Crippen LogP contribution < -0.4 is 0 Å². The van der Waals surface area contributed by atoms with Gasteiger partial charge in [-0.3, -0.25) is 4.90 Å². The normalized spacial score (nSPS) is 13.3. The molecule has 0 amide bonds. The van der Waals surface area contributed by atoms with Gasteiger partial charge in [-0.25, -0.2) is 0 Å². The highest BCUT2D eigenvalue weighted by atomic mass is 79.9. The van der Waals surface area contributed by atoms with Crippen molar-refractivity contribution in [2.45, 2.75) is 32.9 Å². The van der Waals surface area contributed by atoms with Crippen LogP contribution in [0.3, 0.4) is 0 Å². The molecular weight excluding hydrogens is 286 g/mol. The third-order valence-electron chi connectivity index (χ3n) is 2.78. The fourth-order valence-corrected chi connectivity index (χ4v) is 3.03. The molecule has 0 N–H and O–H groups in total. The van der Waals surface area contributed by atoms with E-state index >= 15 is 0 Å². The van der Waals surface area contributed by atoms with E-state index in [1.165, 1.54) is 15.8 Å². The van der Waals surface area contributed by atoms with Crippen LogP contribution >= 0.6 is 27.3 Å². The zero-order valence-electron chi connectivity index (χ0n) is 10.2. The first-order valence-electron chi connectivity index (χ1n) is 5.63. The van der Waals surface area contributed by atoms with E-state index in [1.54, 1.807) is 7.11 Å². The number of ether oxygens (including phenoxy) is 1. The largest absolute Gasteiger partial charge is 0.383 e. The highest BCUT2D eigenvalue weighted by Crippen LogP contribution is 2.22. The number of halogens is 1. The van der Waals surface area contributed by atoms with Crippen molar-refractivity contribution in [3.05, 3.63) is 20.8 Å². The molecule has 0 aliphatic carbocycles. The maximum atomic E-state index is 5.16. The van der Waals surface area contributed by atoms with Crippen molar-refractivity contribution in [1.29, 1.82) is 0 Å². The molecule has 0 aliphatic rings. The maximum absolute atomic E-state index is 5.16. The van der Waals surface area contributed by atoms with Gasteiger partial charge in [-0.05, 0) is 35.3 Å². The van der Waals surface area contributed by atoms with Gasteiger partial charge in [0.2, 0.25) is 0 Å². The molecule has 1 unspecified atom stereocenters. The molecule has 0 radical (unpaired) electrons. The average Bonchev–Trinajstić information content (AvgIpc) is 2.69. The number of hydrogen-bond donors (Lipinski definition) is 0. The van der Waals surface area contributed by atoms with Gasteiger partial charge in [0, 0.05) is 41.0 Å². The summed E-state index contributed by atoms with van der Waals surface area (Å²) in [7, 11) is 1.76. The van der Waals surface area contributed by atoms with Crippen LogP contribution in [-0.4, -0.2) is 31.2 Å². The number of hydrogen-bond acceptors (Lipinski definition) is 3. The van der Waals surface area contributed by atoms with Crippen molar-refractivity contribution < 1.29 is 4.74 Å². The van der Waals surface area contributed by atoms with Crippen LogP contribution in [0, 0.1) is 0 Å². The van der Waals surface area contributed by atoms with Crippen molar-refractivity contribution in [3.8, 4) is 0 Å². The van der Waals surface area contributed by atoms with Crippen molar-refractivity contribution >= 4 is 27.3 Å². The number of methoxy groups -OCH3 is 1. The van der Waals surface area contributed by atoms with Crippen LogP contribution in [0.2, 0.25) is 0 Å². The minimum Gasteiger partial charge on any atom is -0.383 e. The van der Waals surface area contributed by atoms with E-state index in [4.69, 9.17) is 4.74 Å². The highest BCUT2D eigenvalue weighted by Gasteiger charge is 2.13. The summed E-state index contributed by atoms with van der Waals surface area (Å²) in [6, 6.07) is 2.81. The Kier molecular flexibility index (Phi) is 6.58. The number of thiophene rings is 1. The molecule has 0 saturated heterocycles. The maximum Gasteiger partial charge on any atom is 0.0589 e. The third kappa shape index (κ3) is 4.53. The van der Waals surface area contributed by atoms with E-state index in [0.717, 1.165) is 19.7 Å². The topological polar surface area (TPSA) is 12.5 Å². The smallest absolute Gasteiger partial charge is 0.0589 e. The lowest BCUT2D eigenvalue weighted by Gasteiger charge is -2.27. The van der Waals surface area contributed by atoms with Gasteiger partial charge in [0.05, 0.1) is 6.61 Å². The van der Waals surface area contributed by atoms with Crippen LogP contribution in [0.1, 0.15) is 25.1 Å². The molecule has 16 heavy (non-hydrogen) atoms. The minimum absolute atomic E-state index is 0.607. The molecule has 0 fully saturated rings. The first-order valence-corrected chi connectivity index (χ1v) is 7.30. The van der Waals surface area contributed by atoms with Crippen molar-refractivity contribution in [2.24, 2.45) is 0 Å². The second-order valence-corrected chi connectivity index (χ2v) is 5.86. The van der Waals surface area contributed by atoms with Crippen LogP contribution in [0.25, 0.3) is 0 Å². The summed E-state index contributed by atoms with van der Waals surface area (Å²) in [5, 5.41) is 2.14. The fourth-order valence-electron chi connectivity index (χ4n) is 1.56. The van der Waals surface area contributed by atoms with E-state index in [1.807, 2.05) is 11.3 Å². The summed E-state index contributed by atoms with van der Waals surface area (Å²) >= 11 is 5.31. The molecule has 1 rings (SSSR count). The molecule has 0 bridgehead atoms. The summed E-state index contributed by atoms with van der Waals surface area (Å²) in [4.78, 5) is 3.88. The Hall–Kier alpha value is 0.1000. The van der Waals surface area contributed by atoms with Gasteiger partial charge < -0.3 is 4.74 Å². The van der Waals surface area contributed by atoms with E-state index in [2.05, 4.69) is 46.1 Å². The predicted octanol–water partition coefficient (Wildman–Crippen LogP) is 3.76. The van der Waals surface area contributed by atoms with Gasteiger partial charge >= 0.3 is 0 Å². The van der Waals surface area contributed by atoms with E-state index < -0.39 is 0 Å². The lowest BCUT2D eigenvalue weighted by molar-refractivity contribution is 0.119. The third-order valence-corrected chi connectivity index (χ3v) is 4.46. The zero-order chi connectivity index (χ0) is 12.0. The van der Waals surface area contributed by atoms with Gasteiger partial charge in [-0.2, -0.15) is 0 Å². The van der Waals surface area contributed by atoms with Gasteiger partial charge in [0.15, 0.2) is 0 Å². The molecule has 1 atom stereocenters. The quantitative estimate of drug-likeness (QED) is 0.760. The molecule has 1 aromatic rings. The van der Waals surface area contributed by atoms with E-state index in [-0.39, 0.29) is 0 Å². The molecule has 0 spiro atoms. The number of rotatable bonds is 7. The molecule has 1 aromatic heterocycles. The standard InChI is InChI=1S/C12H20BrNOS/c1-4-10(2)14(5-6-15-3)8-12-7-11(13)9-16-12/h7,9-10H,4-6,8H2,1-3H3. The van der Waals surface area contributed by atoms with Gasteiger partial charge in [0.1, 0.15) is 0 Å². The summed E-state index contributed by atoms with van der Waals surface area (Å²) in [5.74, 6) is 0. The molecule has 0 aromatic carbocycles. The summed E-state index contributed by atoms with van der Waals surface area (Å²) in [6.45, 7) is 7.33. The summed E-state index contributed by atoms with van der Waals surface area (Å²) in [6.07, 6.45) is 1.18. The summed E-state index contributed by atoms with van der Waals surface area (Å²) in [5.41, 5.74) is 0. The molecule has 1 heterocycles. The molecule has 4 heteroatoms. The Morgan fingerprint density at radius 3 is 2.81 bits per heavy atom. The van der Waals surface area contributed by atoms with Crippen molar-refractivity contribution in [1.82, 2.24) is 4.90 Å². The SMILES string of the molecule is CCC(C)N(CCOC)Cc1cc(Br)cs1. The van der Waals surface area contributed by atoms with Crippen molar-refractivity contribution in [2.75, 3.05) is 20.3 Å². The average molecular weight is 306 g/mol. The molecular formula is C12H20BrNOS. The van der Waals surface area contributed by atoms with E-state index in [0.29, 0.717) is 6.04 Å². The molecule has 0 saturated carbocycles. The Morgan fingerprint density at radius 2 is 2.31 bits per heavy atom. The lowest BCUT2D eigenvalue weighted by Crippen LogP contribution is -2.34. The second-order valence-electron chi connectivity index (χ2n) is 3.95. The molecule has 92 valence electrons. The molecule has 2 nitrogen and oxygen atoms in total. The Labute approximate surface area is 111 Å². The highest BCUT2D eigenvalue weighted by molar-refractivity contribution is 9.10. The fraction of sp³-hybridized carbons (Fsp3) is 0.667. The van der Waals surface area contributed by atoms with Gasteiger partial charge in [0.25, 0.3) is 0 Å². The van der Waals surface area contributed by atoms with Crippen molar-refractivity contribution in [3.63, 3.8) is 0 Å². The van der Waals surface area contributed by atoms with Gasteiger partial charge in [-0.15, -0.1) is 11.3 Å². The van der Waals surface area contributed by atoms with Crippen LogP contribution in [0.4, 0.5) is 0 Å². The van der Waals surface area contributed by atoms with Gasteiger partial charge in [-0.1, -0.05) is 6.92 Å². The summed E-state index contributed by atoms with van der Waals surface area (Å²) < 4.78 is 6.35. The number of nitrogens with zero attached hydrogens (tertiary/aromatic N) is 1. The minimum atomic E-state index is 0.607. The Bertz CT molecular complexity index is 303. The zero-order valence-corrected chi connectivity index (χ0v) is 12.6.